The predicted octanol–water partition coefficient (Wildman–Crippen LogP) is 0.869. The first-order valence-electron chi connectivity index (χ1n) is 6.03. The highest BCUT2D eigenvalue weighted by Gasteiger charge is 2.27. The van der Waals surface area contributed by atoms with Crippen LogP contribution in [-0.2, 0) is 9.53 Å². The number of likely N-dealkylation sites (N-methyl/N-ethyl adjacent to an activating group) is 1. The number of amides is 1. The summed E-state index contributed by atoms with van der Waals surface area (Å²) in [5.41, 5.74) is 0. The molecule has 1 rings (SSSR count). The Hall–Kier alpha value is -0.750. The van der Waals surface area contributed by atoms with E-state index in [9.17, 15) is 13.6 Å². The molecule has 0 bridgehead atoms. The van der Waals surface area contributed by atoms with Gasteiger partial charge in [-0.1, -0.05) is 6.92 Å². The average Bonchev–Trinajstić information content (AvgIpc) is 2.29. The highest BCUT2D eigenvalue weighted by atomic mass is 19.3. The minimum atomic E-state index is -2.44. The zero-order valence-corrected chi connectivity index (χ0v) is 10.1. The van der Waals surface area contributed by atoms with Gasteiger partial charge in [-0.05, 0) is 19.4 Å². The predicted molar refractivity (Wildman–Crippen MR) is 60.1 cm³/mol. The van der Waals surface area contributed by atoms with Crippen LogP contribution >= 0.6 is 0 Å². The van der Waals surface area contributed by atoms with Crippen LogP contribution in [0, 0.1) is 0 Å². The number of nitrogens with zero attached hydrogens (tertiary/aromatic N) is 1. The van der Waals surface area contributed by atoms with Gasteiger partial charge in [-0.2, -0.15) is 0 Å². The fourth-order valence-electron chi connectivity index (χ4n) is 1.95. The second-order valence-electron chi connectivity index (χ2n) is 4.04. The van der Waals surface area contributed by atoms with Crippen molar-refractivity contribution >= 4 is 5.91 Å². The van der Waals surface area contributed by atoms with Crippen LogP contribution in [-0.4, -0.2) is 56.1 Å². The quantitative estimate of drug-likeness (QED) is 0.682. The van der Waals surface area contributed by atoms with Gasteiger partial charge in [0.1, 0.15) is 6.61 Å². The second kappa shape index (κ2) is 7.55. The lowest BCUT2D eigenvalue weighted by Crippen LogP contribution is -2.51. The lowest BCUT2D eigenvalue weighted by molar-refractivity contribution is -0.136. The van der Waals surface area contributed by atoms with Gasteiger partial charge in [-0.3, -0.25) is 4.79 Å². The molecule has 0 saturated carbocycles. The zero-order valence-electron chi connectivity index (χ0n) is 10.1. The molecule has 1 saturated heterocycles. The van der Waals surface area contributed by atoms with Crippen LogP contribution in [0.15, 0.2) is 0 Å². The van der Waals surface area contributed by atoms with Crippen LogP contribution in [0.2, 0.25) is 0 Å². The third-order valence-electron chi connectivity index (χ3n) is 2.73. The molecule has 6 heteroatoms. The number of alkyl halides is 2. The maximum Gasteiger partial charge on any atom is 0.261 e. The topological polar surface area (TPSA) is 41.6 Å². The molecule has 4 nitrogen and oxygen atoms in total. The summed E-state index contributed by atoms with van der Waals surface area (Å²) in [7, 11) is 0. The first kappa shape index (κ1) is 14.3. The van der Waals surface area contributed by atoms with E-state index in [0.29, 0.717) is 13.1 Å². The van der Waals surface area contributed by atoms with Crippen LogP contribution in [0.3, 0.4) is 0 Å². The fourth-order valence-corrected chi connectivity index (χ4v) is 1.95. The van der Waals surface area contributed by atoms with Crippen molar-refractivity contribution in [3.8, 4) is 0 Å². The number of carbonyl (C=O) groups excluding carboxylic acids is 1. The van der Waals surface area contributed by atoms with Crippen molar-refractivity contribution < 1.29 is 18.3 Å². The Morgan fingerprint density at radius 3 is 3.00 bits per heavy atom. The van der Waals surface area contributed by atoms with E-state index in [-0.39, 0.29) is 18.6 Å². The average molecular weight is 250 g/mol. The van der Waals surface area contributed by atoms with Crippen LogP contribution < -0.4 is 5.32 Å². The molecule has 0 radical (unpaired) electrons. The van der Waals surface area contributed by atoms with E-state index in [1.807, 2.05) is 6.92 Å². The lowest BCUT2D eigenvalue weighted by Gasteiger charge is -2.32. The van der Waals surface area contributed by atoms with E-state index < -0.39 is 13.0 Å². The van der Waals surface area contributed by atoms with Crippen molar-refractivity contribution in [1.82, 2.24) is 10.2 Å². The SMILES string of the molecule is CCNC1CCCN(CCOCC(F)F)C1=O. The third-order valence-corrected chi connectivity index (χ3v) is 2.73. The monoisotopic (exact) mass is 250 g/mol. The molecule has 0 aromatic rings. The Bertz CT molecular complexity index is 238. The molecular formula is C11H20F2N2O2. The Labute approximate surface area is 100 Å². The summed E-state index contributed by atoms with van der Waals surface area (Å²) in [5.74, 6) is 0.0544. The van der Waals surface area contributed by atoms with Gasteiger partial charge < -0.3 is 15.0 Å². The molecule has 17 heavy (non-hydrogen) atoms. The van der Waals surface area contributed by atoms with E-state index in [0.717, 1.165) is 19.4 Å². The minimum absolute atomic E-state index is 0.0544. The number of likely N-dealkylation sites (tertiary alicyclic amines) is 1. The summed E-state index contributed by atoms with van der Waals surface area (Å²) in [4.78, 5) is 13.6. The molecule has 0 spiro atoms. The highest BCUT2D eigenvalue weighted by Crippen LogP contribution is 2.11. The van der Waals surface area contributed by atoms with Gasteiger partial charge in [-0.15, -0.1) is 0 Å². The van der Waals surface area contributed by atoms with E-state index in [4.69, 9.17) is 4.74 Å². The van der Waals surface area contributed by atoms with Gasteiger partial charge >= 0.3 is 0 Å². The van der Waals surface area contributed by atoms with Crippen LogP contribution in [0.25, 0.3) is 0 Å². The third kappa shape index (κ3) is 4.95. The fraction of sp³-hybridized carbons (Fsp3) is 0.909. The number of halogens is 2. The summed E-state index contributed by atoms with van der Waals surface area (Å²) in [5, 5.41) is 3.12. The molecule has 0 aliphatic carbocycles. The van der Waals surface area contributed by atoms with Crippen molar-refractivity contribution in [2.24, 2.45) is 0 Å². The van der Waals surface area contributed by atoms with Gasteiger partial charge in [0.25, 0.3) is 6.43 Å². The van der Waals surface area contributed by atoms with Crippen molar-refractivity contribution in [2.75, 3.05) is 32.8 Å². The summed E-state index contributed by atoms with van der Waals surface area (Å²) in [6.07, 6.45) is -0.652. The molecule has 1 aliphatic rings. The lowest BCUT2D eigenvalue weighted by atomic mass is 10.0. The first-order chi connectivity index (χ1) is 8.15. The molecule has 100 valence electrons. The van der Waals surface area contributed by atoms with Crippen LogP contribution in [0.5, 0.6) is 0 Å². The molecule has 0 aromatic carbocycles. The van der Waals surface area contributed by atoms with Crippen LogP contribution in [0.1, 0.15) is 19.8 Å². The number of piperidine rings is 1. The first-order valence-corrected chi connectivity index (χ1v) is 6.03. The Balaban J connectivity index is 2.25. The zero-order chi connectivity index (χ0) is 12.7. The molecule has 1 heterocycles. The highest BCUT2D eigenvalue weighted by molar-refractivity contribution is 5.82. The summed E-state index contributed by atoms with van der Waals surface area (Å²) in [6, 6.07) is -0.121. The van der Waals surface area contributed by atoms with Crippen molar-refractivity contribution in [2.45, 2.75) is 32.2 Å². The van der Waals surface area contributed by atoms with Gasteiger partial charge in [0.05, 0.1) is 12.6 Å². The number of hydrogen-bond acceptors (Lipinski definition) is 3. The summed E-state index contributed by atoms with van der Waals surface area (Å²) in [6.45, 7) is 3.42. The second-order valence-corrected chi connectivity index (χ2v) is 4.04. The van der Waals surface area contributed by atoms with Gasteiger partial charge in [-0.25, -0.2) is 8.78 Å². The normalized spacial score (nSPS) is 21.3. The van der Waals surface area contributed by atoms with Gasteiger partial charge in [0.15, 0.2) is 0 Å². The molecule has 1 atom stereocenters. The summed E-state index contributed by atoms with van der Waals surface area (Å²) >= 11 is 0. The van der Waals surface area contributed by atoms with Crippen molar-refractivity contribution in [3.63, 3.8) is 0 Å². The molecule has 1 aliphatic heterocycles. The van der Waals surface area contributed by atoms with E-state index >= 15 is 0 Å². The number of rotatable bonds is 7. The molecular weight excluding hydrogens is 230 g/mol. The maximum atomic E-state index is 11.9. The number of ether oxygens (including phenoxy) is 1. The Morgan fingerprint density at radius 2 is 2.35 bits per heavy atom. The standard InChI is InChI=1S/C11H20F2N2O2/c1-2-14-9-4-3-5-15(11(9)16)6-7-17-8-10(12)13/h9-10,14H,2-8H2,1H3. The van der Waals surface area contributed by atoms with E-state index in [1.54, 1.807) is 4.90 Å². The molecule has 1 amide bonds. The summed E-state index contributed by atoms with van der Waals surface area (Å²) < 4.78 is 28.4. The number of nitrogens with one attached hydrogen (secondary N) is 1. The van der Waals surface area contributed by atoms with E-state index in [1.165, 1.54) is 0 Å². The number of carbonyl (C=O) groups is 1. The Morgan fingerprint density at radius 1 is 1.59 bits per heavy atom. The molecule has 1 fully saturated rings. The van der Waals surface area contributed by atoms with Gasteiger partial charge in [0, 0.05) is 13.1 Å². The van der Waals surface area contributed by atoms with Crippen LogP contribution in [0.4, 0.5) is 8.78 Å². The van der Waals surface area contributed by atoms with Crippen molar-refractivity contribution in [1.29, 1.82) is 0 Å². The number of hydrogen-bond donors (Lipinski definition) is 1. The molecule has 0 aromatic heterocycles. The maximum absolute atomic E-state index is 11.9. The smallest absolute Gasteiger partial charge is 0.261 e. The van der Waals surface area contributed by atoms with E-state index in [2.05, 4.69) is 5.32 Å². The largest absolute Gasteiger partial charge is 0.374 e. The molecule has 1 N–H and O–H groups in total. The van der Waals surface area contributed by atoms with Crippen molar-refractivity contribution in [3.05, 3.63) is 0 Å². The van der Waals surface area contributed by atoms with Gasteiger partial charge in [0.2, 0.25) is 5.91 Å². The minimum Gasteiger partial charge on any atom is -0.374 e. The Kier molecular flexibility index (Phi) is 6.36. The molecule has 1 unspecified atom stereocenters.